The van der Waals surface area contributed by atoms with Crippen LogP contribution in [0, 0.1) is 35.5 Å². The number of hydrogen-bond acceptors (Lipinski definition) is 3. The second-order valence-electron chi connectivity index (χ2n) is 3.64. The molecule has 0 heterocycles. The molecule has 0 unspecified atom stereocenters. The first kappa shape index (κ1) is 16.0. The molecule has 1 rings (SSSR count). The largest absolute Gasteiger partial charge is 0.497 e. The molecule has 0 radical (unpaired) electrons. The summed E-state index contributed by atoms with van der Waals surface area (Å²) in [6, 6.07) is 7.31. The monoisotopic (exact) mass is 288 g/mol. The van der Waals surface area contributed by atoms with Crippen LogP contribution in [0.1, 0.15) is 19.6 Å². The number of esters is 1. The molecule has 0 aromatic heterocycles. The summed E-state index contributed by atoms with van der Waals surface area (Å²) >= 11 is 0. The first-order valence-corrected chi connectivity index (χ1v) is 6.14. The van der Waals surface area contributed by atoms with Crippen molar-refractivity contribution < 1.29 is 21.4 Å². The summed E-state index contributed by atoms with van der Waals surface area (Å²) in [5.74, 6) is 15.7. The zero-order valence-corrected chi connectivity index (χ0v) is 11.9. The number of carbonyl (C=O) groups excluding carboxylic acids is 1. The molecule has 0 saturated carbocycles. The molecule has 114 valence electrons. The SMILES string of the molecule is CC#CC#CC#CCOC(=O)/C=C/c1ccc(OC)cc1.[HH].[HH].[HH].[HH].[HH]. The van der Waals surface area contributed by atoms with Gasteiger partial charge in [0.15, 0.2) is 6.61 Å². The number of rotatable bonds is 4. The van der Waals surface area contributed by atoms with E-state index in [9.17, 15) is 4.79 Å². The topological polar surface area (TPSA) is 35.5 Å². The molecule has 0 aliphatic heterocycles. The van der Waals surface area contributed by atoms with E-state index in [0.29, 0.717) is 0 Å². The predicted molar refractivity (Wildman–Crippen MR) is 92.6 cm³/mol. The van der Waals surface area contributed by atoms with Crippen molar-refractivity contribution in [1.29, 1.82) is 0 Å². The van der Waals surface area contributed by atoms with Crippen LogP contribution in [0.5, 0.6) is 5.75 Å². The molecule has 1 aromatic carbocycles. The van der Waals surface area contributed by atoms with Crippen molar-refractivity contribution in [2.75, 3.05) is 13.7 Å². The first-order valence-electron chi connectivity index (χ1n) is 6.14. The van der Waals surface area contributed by atoms with Crippen molar-refractivity contribution in [3.8, 4) is 41.3 Å². The van der Waals surface area contributed by atoms with Gasteiger partial charge in [0, 0.05) is 13.2 Å². The molecular formula is C18H24O3. The summed E-state index contributed by atoms with van der Waals surface area (Å²) in [5.41, 5.74) is 0.878. The van der Waals surface area contributed by atoms with Gasteiger partial charge in [-0.2, -0.15) is 0 Å². The maximum atomic E-state index is 11.4. The Morgan fingerprint density at radius 3 is 2.57 bits per heavy atom. The smallest absolute Gasteiger partial charge is 0.331 e. The van der Waals surface area contributed by atoms with E-state index in [1.54, 1.807) is 20.1 Å². The van der Waals surface area contributed by atoms with Gasteiger partial charge in [0.2, 0.25) is 0 Å². The molecule has 3 nitrogen and oxygen atoms in total. The van der Waals surface area contributed by atoms with Gasteiger partial charge in [-0.15, -0.1) is 0 Å². The van der Waals surface area contributed by atoms with E-state index in [4.69, 9.17) is 9.47 Å². The molecule has 0 N–H and O–H groups in total. The Kier molecular flexibility index (Phi) is 7.44. The van der Waals surface area contributed by atoms with Crippen molar-refractivity contribution in [2.24, 2.45) is 0 Å². The zero-order chi connectivity index (χ0) is 15.3. The third-order valence-corrected chi connectivity index (χ3v) is 2.22. The average molecular weight is 288 g/mol. The van der Waals surface area contributed by atoms with Gasteiger partial charge in [0.1, 0.15) is 5.75 Å². The van der Waals surface area contributed by atoms with E-state index >= 15 is 0 Å². The minimum atomic E-state index is -0.457. The molecule has 0 bridgehead atoms. The van der Waals surface area contributed by atoms with E-state index in [0.717, 1.165) is 11.3 Å². The number of benzene rings is 1. The van der Waals surface area contributed by atoms with Gasteiger partial charge in [-0.1, -0.05) is 18.1 Å². The summed E-state index contributed by atoms with van der Waals surface area (Å²) in [4.78, 5) is 11.4. The van der Waals surface area contributed by atoms with Gasteiger partial charge in [-0.25, -0.2) is 4.79 Å². The van der Waals surface area contributed by atoms with E-state index in [-0.39, 0.29) is 13.7 Å². The molecule has 0 atom stereocenters. The van der Waals surface area contributed by atoms with Crippen LogP contribution < -0.4 is 4.74 Å². The van der Waals surface area contributed by atoms with Crippen LogP contribution in [0.4, 0.5) is 0 Å². The van der Waals surface area contributed by atoms with Crippen LogP contribution >= 0.6 is 0 Å². The lowest BCUT2D eigenvalue weighted by Crippen LogP contribution is -2.00. The van der Waals surface area contributed by atoms with Crippen molar-refractivity contribution in [1.82, 2.24) is 0 Å². The number of methoxy groups -OCH3 is 1. The Hall–Kier alpha value is -3.09. The van der Waals surface area contributed by atoms with Gasteiger partial charge in [0.25, 0.3) is 0 Å². The lowest BCUT2D eigenvalue weighted by Gasteiger charge is -1.99. The van der Waals surface area contributed by atoms with Crippen LogP contribution in [0.2, 0.25) is 0 Å². The normalized spacial score (nSPS) is 8.48. The van der Waals surface area contributed by atoms with Crippen LogP contribution in [0.3, 0.4) is 0 Å². The number of ether oxygens (including phenoxy) is 2. The van der Waals surface area contributed by atoms with Gasteiger partial charge < -0.3 is 9.47 Å². The van der Waals surface area contributed by atoms with Crippen LogP contribution in [-0.2, 0) is 9.53 Å². The molecule has 21 heavy (non-hydrogen) atoms. The van der Waals surface area contributed by atoms with E-state index in [1.165, 1.54) is 6.08 Å². The van der Waals surface area contributed by atoms with Crippen molar-refractivity contribution in [2.45, 2.75) is 6.92 Å². The molecule has 3 heteroatoms. The van der Waals surface area contributed by atoms with E-state index in [2.05, 4.69) is 35.5 Å². The lowest BCUT2D eigenvalue weighted by atomic mass is 10.2. The van der Waals surface area contributed by atoms with Crippen molar-refractivity contribution >= 4 is 12.0 Å². The minimum absolute atomic E-state index is 0. The van der Waals surface area contributed by atoms with Crippen molar-refractivity contribution in [3.05, 3.63) is 35.9 Å². The number of hydrogen-bond donors (Lipinski definition) is 0. The molecular weight excluding hydrogens is 264 g/mol. The Morgan fingerprint density at radius 1 is 1.19 bits per heavy atom. The Bertz CT molecular complexity index is 696. The minimum Gasteiger partial charge on any atom is -0.497 e. The summed E-state index contributed by atoms with van der Waals surface area (Å²) in [6.07, 6.45) is 3.00. The Balaban J connectivity index is -0.000000294. The highest BCUT2D eigenvalue weighted by Crippen LogP contribution is 2.12. The molecule has 0 aliphatic rings. The van der Waals surface area contributed by atoms with Gasteiger partial charge in [-0.05, 0) is 60.3 Å². The quantitative estimate of drug-likeness (QED) is 0.483. The molecule has 0 saturated heterocycles. The fourth-order valence-electron chi connectivity index (χ4n) is 1.24. The van der Waals surface area contributed by atoms with E-state index < -0.39 is 5.97 Å². The fourth-order valence-corrected chi connectivity index (χ4v) is 1.24. The highest BCUT2D eigenvalue weighted by atomic mass is 16.5. The summed E-state index contributed by atoms with van der Waals surface area (Å²) < 4.78 is 9.93. The maximum absolute atomic E-state index is 11.4. The van der Waals surface area contributed by atoms with Gasteiger partial charge >= 0.3 is 5.97 Å². The van der Waals surface area contributed by atoms with Crippen LogP contribution in [0.25, 0.3) is 6.08 Å². The Morgan fingerprint density at radius 2 is 1.90 bits per heavy atom. The second-order valence-corrected chi connectivity index (χ2v) is 3.64. The average Bonchev–Trinajstić information content (AvgIpc) is 2.52. The fraction of sp³-hybridized carbons (Fsp3) is 0.167. The predicted octanol–water partition coefficient (Wildman–Crippen LogP) is 3.51. The molecule has 0 spiro atoms. The second kappa shape index (κ2) is 9.79. The molecule has 1 aromatic rings. The third kappa shape index (κ3) is 7.16. The van der Waals surface area contributed by atoms with Gasteiger partial charge in [0.05, 0.1) is 7.11 Å². The lowest BCUT2D eigenvalue weighted by molar-refractivity contribution is -0.136. The summed E-state index contributed by atoms with van der Waals surface area (Å²) in [5, 5.41) is 0. The zero-order valence-electron chi connectivity index (χ0n) is 11.9. The number of carbonyl (C=O) groups is 1. The first-order chi connectivity index (χ1) is 10.3. The molecule has 0 amide bonds. The molecule has 0 aliphatic carbocycles. The van der Waals surface area contributed by atoms with Crippen molar-refractivity contribution in [3.63, 3.8) is 0 Å². The van der Waals surface area contributed by atoms with Crippen LogP contribution in [-0.4, -0.2) is 19.7 Å². The Labute approximate surface area is 132 Å². The van der Waals surface area contributed by atoms with E-state index in [1.807, 2.05) is 24.3 Å². The maximum Gasteiger partial charge on any atom is 0.331 e. The summed E-state index contributed by atoms with van der Waals surface area (Å²) in [6.45, 7) is 1.69. The molecule has 0 fully saturated rings. The standard InChI is InChI=1S/C18H14O3.5H2/c1-3-4-5-6-7-8-15-21-18(19)14-11-16-9-12-17(20-2)13-10-16;;;;;/h9-14H,15H2,1-2H3;5*1H/b14-11+;;;;;. The summed E-state index contributed by atoms with van der Waals surface area (Å²) in [7, 11) is 1.60. The highest BCUT2D eigenvalue weighted by molar-refractivity contribution is 5.87. The van der Waals surface area contributed by atoms with Crippen LogP contribution in [0.15, 0.2) is 30.3 Å². The van der Waals surface area contributed by atoms with Gasteiger partial charge in [-0.3, -0.25) is 0 Å². The highest BCUT2D eigenvalue weighted by Gasteiger charge is 1.95. The third-order valence-electron chi connectivity index (χ3n) is 2.22.